The molecule has 0 radical (unpaired) electrons. The topological polar surface area (TPSA) is 94.1 Å². The Hall–Kier alpha value is -3.52. The molecule has 0 fully saturated rings. The Morgan fingerprint density at radius 3 is 2.48 bits per heavy atom. The Morgan fingerprint density at radius 1 is 0.966 bits per heavy atom. The predicted octanol–water partition coefficient (Wildman–Crippen LogP) is 3.81. The van der Waals surface area contributed by atoms with E-state index in [1.807, 2.05) is 19.1 Å². The molecule has 0 saturated carbocycles. The van der Waals surface area contributed by atoms with Crippen LogP contribution in [0, 0.1) is 6.92 Å². The minimum absolute atomic E-state index is 0.116. The first-order valence-corrected chi connectivity index (χ1v) is 10.3. The van der Waals surface area contributed by atoms with Gasteiger partial charge in [0.2, 0.25) is 0 Å². The quantitative estimate of drug-likeness (QED) is 0.542. The summed E-state index contributed by atoms with van der Waals surface area (Å²) in [5, 5.41) is 0.635. The molecule has 0 amide bonds. The number of fused-ring (bicyclic) bond motifs is 1. The molecule has 7 nitrogen and oxygen atoms in total. The van der Waals surface area contributed by atoms with E-state index >= 15 is 0 Å². The fourth-order valence-electron chi connectivity index (χ4n) is 3.04. The number of rotatable bonds is 5. The summed E-state index contributed by atoms with van der Waals surface area (Å²) in [5.74, 6) is 0.678. The lowest BCUT2D eigenvalue weighted by Gasteiger charge is -2.13. The second kappa shape index (κ2) is 7.48. The molecule has 4 aromatic rings. The van der Waals surface area contributed by atoms with Gasteiger partial charge in [-0.15, -0.1) is 0 Å². The van der Waals surface area contributed by atoms with Crippen LogP contribution in [0.5, 0.6) is 5.75 Å². The summed E-state index contributed by atoms with van der Waals surface area (Å²) in [5.41, 5.74) is 2.48. The summed E-state index contributed by atoms with van der Waals surface area (Å²) in [6.07, 6.45) is 3.22. The van der Waals surface area contributed by atoms with Gasteiger partial charge in [-0.3, -0.25) is 14.7 Å². The standard InChI is InChI=1S/C21H18N4O3S/c1-14-7-6-11-22-19(14)17-13-16-18(28-2)10-12-23-20(16)21(24-17)25-29(26,27)15-8-4-3-5-9-15/h3-13H,1-2H3,(H,24,25). The van der Waals surface area contributed by atoms with E-state index in [1.165, 1.54) is 12.1 Å². The Labute approximate surface area is 168 Å². The number of aryl methyl sites for hydroxylation is 1. The van der Waals surface area contributed by atoms with Crippen LogP contribution < -0.4 is 9.46 Å². The van der Waals surface area contributed by atoms with Crippen LogP contribution in [0.2, 0.25) is 0 Å². The maximum Gasteiger partial charge on any atom is 0.263 e. The number of methoxy groups -OCH3 is 1. The van der Waals surface area contributed by atoms with Gasteiger partial charge >= 0.3 is 0 Å². The van der Waals surface area contributed by atoms with Crippen molar-refractivity contribution >= 4 is 26.7 Å². The number of hydrogen-bond acceptors (Lipinski definition) is 6. The highest BCUT2D eigenvalue weighted by Gasteiger charge is 2.20. The molecular formula is C21H18N4O3S. The Kier molecular flexibility index (Phi) is 4.85. The van der Waals surface area contributed by atoms with Gasteiger partial charge < -0.3 is 4.74 Å². The molecule has 1 aromatic carbocycles. The maximum atomic E-state index is 12.9. The molecular weight excluding hydrogens is 388 g/mol. The van der Waals surface area contributed by atoms with Crippen LogP contribution >= 0.6 is 0 Å². The first kappa shape index (κ1) is 18.8. The number of hydrogen-bond donors (Lipinski definition) is 1. The second-order valence-corrected chi connectivity index (χ2v) is 8.04. The van der Waals surface area contributed by atoms with E-state index in [-0.39, 0.29) is 10.7 Å². The van der Waals surface area contributed by atoms with Gasteiger partial charge in [0.1, 0.15) is 11.3 Å². The average molecular weight is 406 g/mol. The Morgan fingerprint density at radius 2 is 1.76 bits per heavy atom. The van der Waals surface area contributed by atoms with Crippen molar-refractivity contribution in [3.63, 3.8) is 0 Å². The van der Waals surface area contributed by atoms with Gasteiger partial charge in [-0.25, -0.2) is 13.4 Å². The minimum atomic E-state index is -3.85. The normalized spacial score (nSPS) is 11.4. The van der Waals surface area contributed by atoms with Crippen LogP contribution in [0.1, 0.15) is 5.56 Å². The Bertz CT molecular complexity index is 1290. The number of anilines is 1. The van der Waals surface area contributed by atoms with Crippen molar-refractivity contribution in [2.24, 2.45) is 0 Å². The van der Waals surface area contributed by atoms with Crippen molar-refractivity contribution in [2.45, 2.75) is 11.8 Å². The number of nitrogens with one attached hydrogen (secondary N) is 1. The molecule has 8 heteroatoms. The average Bonchev–Trinajstić information content (AvgIpc) is 2.74. The third-order valence-electron chi connectivity index (χ3n) is 4.44. The van der Waals surface area contributed by atoms with Gasteiger partial charge in [0.05, 0.1) is 23.4 Å². The van der Waals surface area contributed by atoms with Gasteiger partial charge in [-0.05, 0) is 42.8 Å². The molecule has 0 aliphatic heterocycles. The summed E-state index contributed by atoms with van der Waals surface area (Å²) >= 11 is 0. The van der Waals surface area contributed by atoms with E-state index in [1.54, 1.807) is 49.8 Å². The van der Waals surface area contributed by atoms with E-state index in [9.17, 15) is 8.42 Å². The van der Waals surface area contributed by atoms with Crippen molar-refractivity contribution in [1.82, 2.24) is 15.0 Å². The molecule has 0 bridgehead atoms. The molecule has 0 aliphatic rings. The van der Waals surface area contributed by atoms with Gasteiger partial charge in [-0.2, -0.15) is 0 Å². The number of ether oxygens (including phenoxy) is 1. The summed E-state index contributed by atoms with van der Waals surface area (Å²) < 4.78 is 33.8. The van der Waals surface area contributed by atoms with E-state index in [0.29, 0.717) is 28.0 Å². The largest absolute Gasteiger partial charge is 0.496 e. The minimum Gasteiger partial charge on any atom is -0.496 e. The molecule has 0 spiro atoms. The number of pyridine rings is 3. The first-order chi connectivity index (χ1) is 14.0. The fraction of sp³-hybridized carbons (Fsp3) is 0.0952. The molecule has 0 aliphatic carbocycles. The fourth-order valence-corrected chi connectivity index (χ4v) is 4.07. The number of sulfonamides is 1. The molecule has 146 valence electrons. The molecule has 0 atom stereocenters. The van der Waals surface area contributed by atoms with Gasteiger partial charge in [0.15, 0.2) is 5.82 Å². The molecule has 0 saturated heterocycles. The molecule has 3 aromatic heterocycles. The zero-order valence-corrected chi connectivity index (χ0v) is 16.6. The van der Waals surface area contributed by atoms with Crippen LogP contribution in [-0.4, -0.2) is 30.5 Å². The highest BCUT2D eigenvalue weighted by molar-refractivity contribution is 7.92. The molecule has 3 heterocycles. The van der Waals surface area contributed by atoms with Gasteiger partial charge in [0, 0.05) is 17.8 Å². The summed E-state index contributed by atoms with van der Waals surface area (Å²) in [6, 6.07) is 15.4. The summed E-state index contributed by atoms with van der Waals surface area (Å²) in [7, 11) is -2.30. The summed E-state index contributed by atoms with van der Waals surface area (Å²) in [4.78, 5) is 13.4. The molecule has 4 rings (SSSR count). The third kappa shape index (κ3) is 3.62. The Balaban J connectivity index is 1.94. The van der Waals surface area contributed by atoms with Crippen molar-refractivity contribution in [3.05, 3.63) is 72.6 Å². The zero-order valence-electron chi connectivity index (χ0n) is 15.8. The van der Waals surface area contributed by atoms with Crippen LogP contribution in [0.3, 0.4) is 0 Å². The third-order valence-corrected chi connectivity index (χ3v) is 5.80. The first-order valence-electron chi connectivity index (χ1n) is 8.83. The number of nitrogens with zero attached hydrogens (tertiary/aromatic N) is 3. The summed E-state index contributed by atoms with van der Waals surface area (Å²) in [6.45, 7) is 1.92. The maximum absolute atomic E-state index is 12.9. The second-order valence-electron chi connectivity index (χ2n) is 6.35. The van der Waals surface area contributed by atoms with Crippen molar-refractivity contribution < 1.29 is 13.2 Å². The van der Waals surface area contributed by atoms with Gasteiger partial charge in [0.25, 0.3) is 10.0 Å². The van der Waals surface area contributed by atoms with E-state index in [4.69, 9.17) is 4.74 Å². The monoisotopic (exact) mass is 406 g/mol. The molecule has 1 N–H and O–H groups in total. The number of aromatic nitrogens is 3. The number of benzene rings is 1. The van der Waals surface area contributed by atoms with Crippen LogP contribution in [0.15, 0.2) is 71.9 Å². The lowest BCUT2D eigenvalue weighted by molar-refractivity contribution is 0.419. The van der Waals surface area contributed by atoms with Gasteiger partial charge in [-0.1, -0.05) is 24.3 Å². The van der Waals surface area contributed by atoms with Crippen molar-refractivity contribution in [1.29, 1.82) is 0 Å². The molecule has 0 unspecified atom stereocenters. The SMILES string of the molecule is COc1ccnc2c(NS(=O)(=O)c3ccccc3)nc(-c3ncccc3C)cc12. The highest BCUT2D eigenvalue weighted by atomic mass is 32.2. The van der Waals surface area contributed by atoms with Crippen LogP contribution in [0.4, 0.5) is 5.82 Å². The van der Waals surface area contributed by atoms with Crippen molar-refractivity contribution in [3.8, 4) is 17.1 Å². The van der Waals surface area contributed by atoms with E-state index < -0.39 is 10.0 Å². The van der Waals surface area contributed by atoms with E-state index in [2.05, 4.69) is 19.7 Å². The van der Waals surface area contributed by atoms with Crippen LogP contribution in [-0.2, 0) is 10.0 Å². The van der Waals surface area contributed by atoms with Crippen molar-refractivity contribution in [2.75, 3.05) is 11.8 Å². The molecule has 29 heavy (non-hydrogen) atoms. The lowest BCUT2D eigenvalue weighted by atomic mass is 10.1. The van der Waals surface area contributed by atoms with E-state index in [0.717, 1.165) is 5.56 Å². The predicted molar refractivity (Wildman–Crippen MR) is 111 cm³/mol. The highest BCUT2D eigenvalue weighted by Crippen LogP contribution is 2.33. The van der Waals surface area contributed by atoms with Crippen LogP contribution in [0.25, 0.3) is 22.3 Å². The lowest BCUT2D eigenvalue weighted by Crippen LogP contribution is -2.15. The smallest absolute Gasteiger partial charge is 0.263 e. The zero-order chi connectivity index (χ0) is 20.4.